The Hall–Kier alpha value is -2.54. The van der Waals surface area contributed by atoms with Crippen molar-refractivity contribution in [2.75, 3.05) is 0 Å². The minimum atomic E-state index is 0.496. The van der Waals surface area contributed by atoms with E-state index in [1.807, 2.05) is 31.2 Å². The third-order valence-corrected chi connectivity index (χ3v) is 2.51. The van der Waals surface area contributed by atoms with E-state index in [4.69, 9.17) is 12.3 Å². The minimum absolute atomic E-state index is 0.496. The maximum Gasteiger partial charge on any atom is 0.237 e. The molecule has 0 spiro atoms. The van der Waals surface area contributed by atoms with E-state index in [0.717, 1.165) is 11.1 Å². The number of nitrogens with zero attached hydrogens (tertiary/aromatic N) is 2. The highest BCUT2D eigenvalue weighted by molar-refractivity contribution is 5.86. The van der Waals surface area contributed by atoms with Gasteiger partial charge < -0.3 is 10.7 Å². The van der Waals surface area contributed by atoms with Crippen LogP contribution >= 0.6 is 0 Å². The normalized spacial score (nSPS) is 10.6. The predicted molar refractivity (Wildman–Crippen MR) is 69.6 cm³/mol. The molecule has 0 saturated heterocycles. The van der Waals surface area contributed by atoms with E-state index in [2.05, 4.69) is 14.8 Å². The van der Waals surface area contributed by atoms with Crippen molar-refractivity contribution >= 4 is 17.8 Å². The number of nitrogens with one attached hydrogen (secondary N) is 1. The first-order valence-corrected chi connectivity index (χ1v) is 5.16. The first kappa shape index (κ1) is 11.0. The van der Waals surface area contributed by atoms with Crippen molar-refractivity contribution in [3.63, 3.8) is 0 Å². The van der Waals surface area contributed by atoms with E-state index in [-0.39, 0.29) is 0 Å². The van der Waals surface area contributed by atoms with Gasteiger partial charge in [-0.25, -0.2) is 9.84 Å². The fourth-order valence-corrected chi connectivity index (χ4v) is 1.64. The van der Waals surface area contributed by atoms with Gasteiger partial charge in [0, 0.05) is 5.56 Å². The molecule has 0 fully saturated rings. The van der Waals surface area contributed by atoms with Crippen molar-refractivity contribution in [3.8, 4) is 11.1 Å². The van der Waals surface area contributed by atoms with Crippen LogP contribution in [-0.4, -0.2) is 11.3 Å². The molecule has 4 heteroatoms. The number of hydrogen-bond donors (Lipinski definition) is 2. The summed E-state index contributed by atoms with van der Waals surface area (Å²) in [7, 11) is 0. The zero-order chi connectivity index (χ0) is 12.3. The lowest BCUT2D eigenvalue weighted by Crippen LogP contribution is -1.86. The molecule has 0 unspecified atom stereocenters. The summed E-state index contributed by atoms with van der Waals surface area (Å²) in [4.78, 5) is 10.4. The highest BCUT2D eigenvalue weighted by atomic mass is 15.0. The molecule has 0 atom stereocenters. The standard InChI is InChI=1S/C13H12N4/c1-9-3-5-10(6-4-9)11-7-16-13(17-8-14)12(11)15-2/h3-8,16H,1H3,(H2,14,17). The van der Waals surface area contributed by atoms with Crippen LogP contribution in [0.5, 0.6) is 0 Å². The van der Waals surface area contributed by atoms with E-state index in [9.17, 15) is 0 Å². The predicted octanol–water partition coefficient (Wildman–Crippen LogP) is 3.16. The number of aliphatic imine (C=N–C) groups is 1. The summed E-state index contributed by atoms with van der Waals surface area (Å²) < 4.78 is 0. The van der Waals surface area contributed by atoms with Gasteiger partial charge in [-0.1, -0.05) is 29.8 Å². The zero-order valence-corrected chi connectivity index (χ0v) is 9.44. The van der Waals surface area contributed by atoms with Gasteiger partial charge in [0.2, 0.25) is 5.69 Å². The van der Waals surface area contributed by atoms with Gasteiger partial charge in [0.05, 0.1) is 12.9 Å². The summed E-state index contributed by atoms with van der Waals surface area (Å²) in [5.41, 5.74) is 8.77. The molecule has 3 N–H and O–H groups in total. The highest BCUT2D eigenvalue weighted by Gasteiger charge is 2.11. The Labute approximate surface area is 99.6 Å². The van der Waals surface area contributed by atoms with Gasteiger partial charge in [0.25, 0.3) is 0 Å². The number of benzene rings is 1. The zero-order valence-electron chi connectivity index (χ0n) is 9.44. The van der Waals surface area contributed by atoms with Crippen molar-refractivity contribution in [1.29, 1.82) is 0 Å². The van der Waals surface area contributed by atoms with Crippen LogP contribution < -0.4 is 5.73 Å². The molecule has 0 aliphatic carbocycles. The molecule has 84 valence electrons. The van der Waals surface area contributed by atoms with E-state index >= 15 is 0 Å². The molecule has 1 heterocycles. The van der Waals surface area contributed by atoms with Gasteiger partial charge in [-0.3, -0.25) is 0 Å². The van der Waals surface area contributed by atoms with Crippen molar-refractivity contribution < 1.29 is 0 Å². The highest BCUT2D eigenvalue weighted by Crippen LogP contribution is 2.38. The third-order valence-electron chi connectivity index (χ3n) is 2.51. The number of H-pyrrole nitrogens is 1. The first-order valence-electron chi connectivity index (χ1n) is 5.16. The second-order valence-electron chi connectivity index (χ2n) is 3.66. The van der Waals surface area contributed by atoms with E-state index < -0.39 is 0 Å². The Kier molecular flexibility index (Phi) is 2.93. The largest absolute Gasteiger partial charge is 0.390 e. The van der Waals surface area contributed by atoms with Crippen molar-refractivity contribution in [2.45, 2.75) is 6.92 Å². The topological polar surface area (TPSA) is 58.5 Å². The number of rotatable bonds is 2. The Morgan fingerprint density at radius 3 is 2.65 bits per heavy atom. The number of aryl methyl sites for hydroxylation is 1. The quantitative estimate of drug-likeness (QED) is 0.459. The molecule has 0 aliphatic heterocycles. The van der Waals surface area contributed by atoms with Gasteiger partial charge in [-0.2, -0.15) is 0 Å². The molecule has 1 aromatic heterocycles. The summed E-state index contributed by atoms with van der Waals surface area (Å²) >= 11 is 0. The lowest BCUT2D eigenvalue weighted by Gasteiger charge is -1.99. The van der Waals surface area contributed by atoms with Gasteiger partial charge in [0.1, 0.15) is 5.82 Å². The molecule has 0 saturated carbocycles. The molecule has 2 aromatic rings. The van der Waals surface area contributed by atoms with E-state index in [0.29, 0.717) is 11.5 Å². The molecule has 0 radical (unpaired) electrons. The SMILES string of the molecule is [C-]#[N+]c1c(-c2ccc(C)cc2)c[nH]c1N=CN. The summed E-state index contributed by atoms with van der Waals surface area (Å²) in [5, 5.41) is 0. The van der Waals surface area contributed by atoms with Crippen LogP contribution in [0.1, 0.15) is 5.56 Å². The molecule has 0 amide bonds. The average molecular weight is 224 g/mol. The van der Waals surface area contributed by atoms with Gasteiger partial charge in [-0.05, 0) is 18.7 Å². The summed E-state index contributed by atoms with van der Waals surface area (Å²) in [5.74, 6) is 0.498. The number of aromatic amines is 1. The molecule has 0 bridgehead atoms. The van der Waals surface area contributed by atoms with Crippen LogP contribution in [0.3, 0.4) is 0 Å². The second kappa shape index (κ2) is 4.54. The van der Waals surface area contributed by atoms with Crippen molar-refractivity contribution in [2.24, 2.45) is 10.7 Å². The molecule has 4 nitrogen and oxygen atoms in total. The van der Waals surface area contributed by atoms with Crippen LogP contribution in [0.2, 0.25) is 0 Å². The Bertz CT molecular complexity index is 585. The first-order chi connectivity index (χ1) is 8.26. The van der Waals surface area contributed by atoms with Crippen molar-refractivity contribution in [1.82, 2.24) is 4.98 Å². The number of aromatic nitrogens is 1. The van der Waals surface area contributed by atoms with E-state index in [1.54, 1.807) is 6.20 Å². The Morgan fingerprint density at radius 2 is 2.06 bits per heavy atom. The number of nitrogens with two attached hydrogens (primary N) is 1. The molecular formula is C13H12N4. The van der Waals surface area contributed by atoms with Gasteiger partial charge >= 0.3 is 0 Å². The summed E-state index contributed by atoms with van der Waals surface area (Å²) in [6, 6.07) is 8.01. The monoisotopic (exact) mass is 224 g/mol. The maximum absolute atomic E-state index is 7.20. The Morgan fingerprint density at radius 1 is 1.35 bits per heavy atom. The van der Waals surface area contributed by atoms with E-state index in [1.165, 1.54) is 11.9 Å². The maximum atomic E-state index is 7.20. The minimum Gasteiger partial charge on any atom is -0.390 e. The lowest BCUT2D eigenvalue weighted by atomic mass is 10.1. The van der Waals surface area contributed by atoms with Crippen LogP contribution in [0.4, 0.5) is 11.5 Å². The summed E-state index contributed by atoms with van der Waals surface area (Å²) in [6.07, 6.45) is 2.96. The molecule has 17 heavy (non-hydrogen) atoms. The third kappa shape index (κ3) is 2.04. The van der Waals surface area contributed by atoms with Crippen LogP contribution in [0, 0.1) is 13.5 Å². The lowest BCUT2D eigenvalue weighted by molar-refractivity contribution is 1.34. The molecule has 2 rings (SSSR count). The number of hydrogen-bond acceptors (Lipinski definition) is 1. The van der Waals surface area contributed by atoms with Crippen LogP contribution in [-0.2, 0) is 0 Å². The molecule has 1 aromatic carbocycles. The second-order valence-corrected chi connectivity index (χ2v) is 3.66. The van der Waals surface area contributed by atoms with Crippen molar-refractivity contribution in [3.05, 3.63) is 47.4 Å². The van der Waals surface area contributed by atoms with Gasteiger partial charge in [0.15, 0.2) is 0 Å². The molecule has 0 aliphatic rings. The van der Waals surface area contributed by atoms with Gasteiger partial charge in [-0.15, -0.1) is 0 Å². The van der Waals surface area contributed by atoms with Crippen LogP contribution in [0.15, 0.2) is 35.5 Å². The Balaban J connectivity index is 2.53. The summed E-state index contributed by atoms with van der Waals surface area (Å²) in [6.45, 7) is 9.23. The van der Waals surface area contributed by atoms with Crippen LogP contribution in [0.25, 0.3) is 16.0 Å². The smallest absolute Gasteiger partial charge is 0.237 e. The molecular weight excluding hydrogens is 212 g/mol. The average Bonchev–Trinajstić information content (AvgIpc) is 2.73. The fraction of sp³-hybridized carbons (Fsp3) is 0.0769. The fourth-order valence-electron chi connectivity index (χ4n) is 1.64.